The number of carboxylic acid groups (broad SMARTS) is 1. The molecule has 0 bridgehead atoms. The molecule has 0 fully saturated rings. The van der Waals surface area contributed by atoms with Gasteiger partial charge in [-0.05, 0) is 12.0 Å². The summed E-state index contributed by atoms with van der Waals surface area (Å²) in [4.78, 5) is 11.2. The molecule has 24 heavy (non-hydrogen) atoms. The molecule has 0 saturated heterocycles. The van der Waals surface area contributed by atoms with E-state index in [4.69, 9.17) is 5.11 Å². The van der Waals surface area contributed by atoms with E-state index in [-0.39, 0.29) is 11.3 Å². The van der Waals surface area contributed by atoms with Crippen molar-refractivity contribution in [1.82, 2.24) is 14.5 Å². The van der Waals surface area contributed by atoms with Gasteiger partial charge in [0.1, 0.15) is 10.9 Å². The van der Waals surface area contributed by atoms with Crippen LogP contribution in [0.25, 0.3) is 0 Å². The number of nitrogens with one attached hydrogen (secondary N) is 1. The summed E-state index contributed by atoms with van der Waals surface area (Å²) in [6.07, 6.45) is 4.30. The molecule has 130 valence electrons. The molecule has 1 aromatic carbocycles. The molecule has 0 aliphatic rings. The van der Waals surface area contributed by atoms with Gasteiger partial charge >= 0.3 is 5.97 Å². The first-order valence-electron chi connectivity index (χ1n) is 7.74. The van der Waals surface area contributed by atoms with Crippen molar-refractivity contribution >= 4 is 16.0 Å². The lowest BCUT2D eigenvalue weighted by atomic mass is 10.1. The third-order valence-corrected chi connectivity index (χ3v) is 4.98. The average molecular weight is 351 g/mol. The van der Waals surface area contributed by atoms with Gasteiger partial charge < -0.3 is 5.11 Å². The Morgan fingerprint density at radius 1 is 1.33 bits per heavy atom. The molecule has 8 heteroatoms. The van der Waals surface area contributed by atoms with Crippen LogP contribution in [-0.4, -0.2) is 35.3 Å². The molecule has 7 nitrogen and oxygen atoms in total. The summed E-state index contributed by atoms with van der Waals surface area (Å²) in [6, 6.07) is 8.38. The summed E-state index contributed by atoms with van der Waals surface area (Å²) in [6.45, 7) is 2.36. The Bertz CT molecular complexity index is 772. The van der Waals surface area contributed by atoms with Gasteiger partial charge in [0.25, 0.3) is 0 Å². The molecule has 2 N–H and O–H groups in total. The van der Waals surface area contributed by atoms with Gasteiger partial charge in [0.15, 0.2) is 0 Å². The van der Waals surface area contributed by atoms with Crippen LogP contribution in [-0.2, 0) is 21.4 Å². The quantitative estimate of drug-likeness (QED) is 0.718. The molecule has 0 unspecified atom stereocenters. The Morgan fingerprint density at radius 3 is 2.67 bits per heavy atom. The first-order chi connectivity index (χ1) is 11.4. The largest absolute Gasteiger partial charge is 0.480 e. The molecule has 0 aliphatic heterocycles. The van der Waals surface area contributed by atoms with Crippen molar-refractivity contribution in [2.24, 2.45) is 0 Å². The lowest BCUT2D eigenvalue weighted by Gasteiger charge is -2.13. The van der Waals surface area contributed by atoms with Crippen LogP contribution in [0.3, 0.4) is 0 Å². The maximum atomic E-state index is 12.3. The lowest BCUT2D eigenvalue weighted by molar-refractivity contribution is -0.139. The third kappa shape index (κ3) is 4.90. The summed E-state index contributed by atoms with van der Waals surface area (Å²) in [7, 11) is -3.92. The van der Waals surface area contributed by atoms with Gasteiger partial charge in [-0.25, -0.2) is 8.42 Å². The van der Waals surface area contributed by atoms with Gasteiger partial charge in [-0.3, -0.25) is 9.48 Å². The topological polar surface area (TPSA) is 101 Å². The van der Waals surface area contributed by atoms with Gasteiger partial charge in [-0.2, -0.15) is 9.82 Å². The molecular formula is C16H21N3O4S. The zero-order valence-corrected chi connectivity index (χ0v) is 14.2. The summed E-state index contributed by atoms with van der Waals surface area (Å²) in [5, 5.41) is 13.2. The van der Waals surface area contributed by atoms with Gasteiger partial charge in [-0.1, -0.05) is 50.1 Å². The maximum Gasteiger partial charge on any atom is 0.321 e. The fourth-order valence-electron chi connectivity index (χ4n) is 2.24. The fraction of sp³-hybridized carbons (Fsp3) is 0.375. The van der Waals surface area contributed by atoms with Gasteiger partial charge in [0.05, 0.1) is 12.7 Å². The predicted molar refractivity (Wildman–Crippen MR) is 89.0 cm³/mol. The van der Waals surface area contributed by atoms with E-state index < -0.39 is 22.0 Å². The second kappa shape index (κ2) is 8.07. The van der Waals surface area contributed by atoms with E-state index in [0.29, 0.717) is 13.0 Å². The number of unbranched alkanes of at least 4 members (excludes halogenated alkanes) is 1. The predicted octanol–water partition coefficient (Wildman–Crippen LogP) is 1.85. The number of carboxylic acids is 1. The number of carbonyl (C=O) groups is 1. The van der Waals surface area contributed by atoms with Crippen molar-refractivity contribution in [3.05, 3.63) is 48.3 Å². The van der Waals surface area contributed by atoms with E-state index in [1.807, 2.05) is 37.3 Å². The molecule has 0 radical (unpaired) electrons. The van der Waals surface area contributed by atoms with E-state index in [0.717, 1.165) is 12.0 Å². The number of rotatable bonds is 9. The molecule has 0 spiro atoms. The molecule has 2 aromatic rings. The monoisotopic (exact) mass is 351 g/mol. The van der Waals surface area contributed by atoms with Crippen LogP contribution in [0.2, 0.25) is 0 Å². The fourth-order valence-corrected chi connectivity index (χ4v) is 3.41. The molecule has 1 heterocycles. The molecule has 0 amide bonds. The highest BCUT2D eigenvalue weighted by atomic mass is 32.2. The summed E-state index contributed by atoms with van der Waals surface area (Å²) in [5.41, 5.74) is 0.990. The van der Waals surface area contributed by atoms with E-state index in [1.54, 1.807) is 0 Å². The maximum absolute atomic E-state index is 12.3. The smallest absolute Gasteiger partial charge is 0.321 e. The van der Waals surface area contributed by atoms with E-state index in [9.17, 15) is 13.2 Å². The standard InChI is InChI=1S/C16H21N3O4S/c1-2-3-9-15(16(20)21)18-24(22,23)14-10-17-19(12-14)11-13-7-5-4-6-8-13/h4-8,10,12,15,18H,2-3,9,11H2,1H3,(H,20,21)/t15-/m0/s1. The molecule has 0 saturated carbocycles. The summed E-state index contributed by atoms with van der Waals surface area (Å²) >= 11 is 0. The lowest BCUT2D eigenvalue weighted by Crippen LogP contribution is -2.40. The molecule has 1 atom stereocenters. The summed E-state index contributed by atoms with van der Waals surface area (Å²) in [5.74, 6) is -1.18. The van der Waals surface area contributed by atoms with Crippen LogP contribution >= 0.6 is 0 Å². The van der Waals surface area contributed by atoms with E-state index in [1.165, 1.54) is 17.1 Å². The number of benzene rings is 1. The molecule has 1 aromatic heterocycles. The second-order valence-electron chi connectivity index (χ2n) is 5.51. The van der Waals surface area contributed by atoms with Crippen LogP contribution in [0.5, 0.6) is 0 Å². The second-order valence-corrected chi connectivity index (χ2v) is 7.23. The Hall–Kier alpha value is -2.19. The minimum Gasteiger partial charge on any atom is -0.480 e. The first-order valence-corrected chi connectivity index (χ1v) is 9.22. The number of hydrogen-bond donors (Lipinski definition) is 2. The van der Waals surface area contributed by atoms with Crippen LogP contribution in [0.15, 0.2) is 47.6 Å². The minimum atomic E-state index is -3.92. The van der Waals surface area contributed by atoms with Crippen molar-refractivity contribution in [3.63, 3.8) is 0 Å². The Balaban J connectivity index is 2.10. The number of sulfonamides is 1. The minimum absolute atomic E-state index is 0.0406. The van der Waals surface area contributed by atoms with Crippen LogP contribution in [0, 0.1) is 0 Å². The van der Waals surface area contributed by atoms with Crippen molar-refractivity contribution in [2.75, 3.05) is 0 Å². The van der Waals surface area contributed by atoms with Crippen molar-refractivity contribution in [3.8, 4) is 0 Å². The third-order valence-electron chi connectivity index (χ3n) is 3.55. The van der Waals surface area contributed by atoms with Crippen LogP contribution in [0.1, 0.15) is 31.7 Å². The zero-order valence-electron chi connectivity index (χ0n) is 13.4. The number of nitrogens with zero attached hydrogens (tertiary/aromatic N) is 2. The molecule has 2 rings (SSSR count). The Labute approximate surface area is 141 Å². The van der Waals surface area contributed by atoms with Gasteiger partial charge in [0, 0.05) is 6.20 Å². The van der Waals surface area contributed by atoms with Gasteiger partial charge in [-0.15, -0.1) is 0 Å². The van der Waals surface area contributed by atoms with Crippen LogP contribution in [0.4, 0.5) is 0 Å². The first kappa shape index (κ1) is 18.2. The number of hydrogen-bond acceptors (Lipinski definition) is 4. The van der Waals surface area contributed by atoms with Crippen molar-refractivity contribution < 1.29 is 18.3 Å². The van der Waals surface area contributed by atoms with Gasteiger partial charge in [0.2, 0.25) is 10.0 Å². The Morgan fingerprint density at radius 2 is 2.04 bits per heavy atom. The normalized spacial score (nSPS) is 12.9. The highest BCUT2D eigenvalue weighted by molar-refractivity contribution is 7.89. The summed E-state index contributed by atoms with van der Waals surface area (Å²) < 4.78 is 28.4. The molecule has 0 aliphatic carbocycles. The van der Waals surface area contributed by atoms with E-state index in [2.05, 4.69) is 9.82 Å². The zero-order chi connectivity index (χ0) is 17.6. The number of aliphatic carboxylic acids is 1. The van der Waals surface area contributed by atoms with Crippen molar-refractivity contribution in [2.45, 2.75) is 43.7 Å². The van der Waals surface area contributed by atoms with Crippen molar-refractivity contribution in [1.29, 1.82) is 0 Å². The number of aromatic nitrogens is 2. The average Bonchev–Trinajstić information content (AvgIpc) is 3.01. The Kier molecular flexibility index (Phi) is 6.10. The highest BCUT2D eigenvalue weighted by Gasteiger charge is 2.25. The molecular weight excluding hydrogens is 330 g/mol. The highest BCUT2D eigenvalue weighted by Crippen LogP contribution is 2.12. The van der Waals surface area contributed by atoms with E-state index >= 15 is 0 Å². The SMILES string of the molecule is CCCC[C@H](NS(=O)(=O)c1cnn(Cc2ccccc2)c1)C(=O)O. The van der Waals surface area contributed by atoms with Crippen LogP contribution < -0.4 is 4.72 Å².